The van der Waals surface area contributed by atoms with Crippen molar-refractivity contribution < 1.29 is 4.39 Å². The molecular weight excluding hydrogens is 283 g/mol. The van der Waals surface area contributed by atoms with Gasteiger partial charge in [-0.2, -0.15) is 0 Å². The van der Waals surface area contributed by atoms with Gasteiger partial charge in [-0.15, -0.1) is 11.3 Å². The van der Waals surface area contributed by atoms with E-state index in [2.05, 4.69) is 11.8 Å². The Morgan fingerprint density at radius 3 is 3.00 bits per heavy atom. The van der Waals surface area contributed by atoms with E-state index in [0.717, 1.165) is 33.6 Å². The summed E-state index contributed by atoms with van der Waals surface area (Å²) in [5, 5.41) is 0.791. The van der Waals surface area contributed by atoms with Crippen molar-refractivity contribution in [3.05, 3.63) is 34.5 Å². The Labute approximate surface area is 129 Å². The average Bonchev–Trinajstić information content (AvgIpc) is 2.71. The van der Waals surface area contributed by atoms with Gasteiger partial charge in [0, 0.05) is 34.1 Å². The van der Waals surface area contributed by atoms with Crippen LogP contribution in [0.4, 0.5) is 4.39 Å². The second-order valence-electron chi connectivity index (χ2n) is 5.99. The number of fused-ring (bicyclic) bond motifs is 1. The molecule has 3 rings (SSSR count). The molecule has 0 aliphatic carbocycles. The zero-order chi connectivity index (χ0) is 14.8. The van der Waals surface area contributed by atoms with Crippen LogP contribution in [0.5, 0.6) is 0 Å². The SMILES string of the molecule is CC1CCCCCN1Cc1c(CN)sc2cccc(F)c12. The first-order chi connectivity index (χ1) is 10.2. The van der Waals surface area contributed by atoms with Gasteiger partial charge in [-0.3, -0.25) is 4.90 Å². The minimum Gasteiger partial charge on any atom is -0.326 e. The van der Waals surface area contributed by atoms with Gasteiger partial charge in [0.15, 0.2) is 0 Å². The molecule has 1 aliphatic rings. The number of hydrogen-bond acceptors (Lipinski definition) is 3. The first-order valence-electron chi connectivity index (χ1n) is 7.83. The van der Waals surface area contributed by atoms with Crippen molar-refractivity contribution in [1.29, 1.82) is 0 Å². The number of rotatable bonds is 3. The van der Waals surface area contributed by atoms with Crippen LogP contribution >= 0.6 is 11.3 Å². The quantitative estimate of drug-likeness (QED) is 0.918. The number of nitrogens with zero attached hydrogens (tertiary/aromatic N) is 1. The van der Waals surface area contributed by atoms with E-state index in [1.54, 1.807) is 23.5 Å². The van der Waals surface area contributed by atoms with Crippen molar-refractivity contribution in [2.45, 2.75) is 51.7 Å². The third kappa shape index (κ3) is 2.98. The molecule has 0 amide bonds. The predicted octanol–water partition coefficient (Wildman–Crippen LogP) is 4.26. The lowest BCUT2D eigenvalue weighted by atomic mass is 10.1. The summed E-state index contributed by atoms with van der Waals surface area (Å²) in [5.74, 6) is -0.110. The van der Waals surface area contributed by atoms with E-state index < -0.39 is 0 Å². The zero-order valence-corrected chi connectivity index (χ0v) is 13.4. The molecule has 2 heterocycles. The molecule has 1 saturated heterocycles. The Hall–Kier alpha value is -0.970. The van der Waals surface area contributed by atoms with E-state index >= 15 is 0 Å². The summed E-state index contributed by atoms with van der Waals surface area (Å²) < 4.78 is 15.3. The van der Waals surface area contributed by atoms with Gasteiger partial charge in [-0.25, -0.2) is 4.39 Å². The summed E-state index contributed by atoms with van der Waals surface area (Å²) in [6.07, 6.45) is 5.10. The van der Waals surface area contributed by atoms with Gasteiger partial charge < -0.3 is 5.73 Å². The molecule has 1 aromatic carbocycles. The third-order valence-corrected chi connectivity index (χ3v) is 5.80. The normalized spacial score (nSPS) is 20.8. The Morgan fingerprint density at radius 1 is 1.33 bits per heavy atom. The van der Waals surface area contributed by atoms with Gasteiger partial charge in [0.25, 0.3) is 0 Å². The Kier molecular flexibility index (Phi) is 4.57. The van der Waals surface area contributed by atoms with Crippen LogP contribution in [0.1, 0.15) is 43.0 Å². The first kappa shape index (κ1) is 14.9. The molecule has 1 unspecified atom stereocenters. The zero-order valence-electron chi connectivity index (χ0n) is 12.6. The van der Waals surface area contributed by atoms with Crippen LogP contribution < -0.4 is 5.73 Å². The largest absolute Gasteiger partial charge is 0.326 e. The fraction of sp³-hybridized carbons (Fsp3) is 0.529. The number of benzene rings is 1. The topological polar surface area (TPSA) is 29.3 Å². The molecule has 114 valence electrons. The third-order valence-electron chi connectivity index (χ3n) is 4.58. The maximum absolute atomic E-state index is 14.3. The molecule has 2 aromatic rings. The first-order valence-corrected chi connectivity index (χ1v) is 8.65. The summed E-state index contributed by atoms with van der Waals surface area (Å²) >= 11 is 1.64. The highest BCUT2D eigenvalue weighted by Gasteiger charge is 2.21. The summed E-state index contributed by atoms with van der Waals surface area (Å²) in [7, 11) is 0. The highest BCUT2D eigenvalue weighted by Crippen LogP contribution is 2.34. The second kappa shape index (κ2) is 6.42. The van der Waals surface area contributed by atoms with Gasteiger partial charge >= 0.3 is 0 Å². The molecule has 0 bridgehead atoms. The average molecular weight is 306 g/mol. The summed E-state index contributed by atoms with van der Waals surface area (Å²) in [5.41, 5.74) is 7.02. The van der Waals surface area contributed by atoms with Crippen LogP contribution in [0.3, 0.4) is 0 Å². The fourth-order valence-corrected chi connectivity index (χ4v) is 4.43. The molecule has 1 aromatic heterocycles. The van der Waals surface area contributed by atoms with Gasteiger partial charge in [-0.1, -0.05) is 18.9 Å². The van der Waals surface area contributed by atoms with Crippen LogP contribution in [-0.4, -0.2) is 17.5 Å². The highest BCUT2D eigenvalue weighted by atomic mass is 32.1. The number of likely N-dealkylation sites (tertiary alicyclic amines) is 1. The van der Waals surface area contributed by atoms with Crippen LogP contribution in [-0.2, 0) is 13.1 Å². The van der Waals surface area contributed by atoms with Crippen molar-refractivity contribution in [2.24, 2.45) is 5.73 Å². The fourth-order valence-electron chi connectivity index (χ4n) is 3.32. The lowest BCUT2D eigenvalue weighted by Gasteiger charge is -2.27. The van der Waals surface area contributed by atoms with E-state index in [9.17, 15) is 4.39 Å². The van der Waals surface area contributed by atoms with Crippen molar-refractivity contribution in [1.82, 2.24) is 4.90 Å². The Morgan fingerprint density at radius 2 is 2.19 bits per heavy atom. The molecule has 0 radical (unpaired) electrons. The molecule has 2 N–H and O–H groups in total. The standard InChI is InChI=1S/C17H23FN2S/c1-12-6-3-2-4-9-20(12)11-13-16(10-19)21-15-8-5-7-14(18)17(13)15/h5,7-8,12H,2-4,6,9-11,19H2,1H3. The van der Waals surface area contributed by atoms with Gasteiger partial charge in [0.2, 0.25) is 0 Å². The number of hydrogen-bond donors (Lipinski definition) is 1. The molecule has 21 heavy (non-hydrogen) atoms. The van der Waals surface area contributed by atoms with Crippen molar-refractivity contribution in [3.8, 4) is 0 Å². The van der Waals surface area contributed by atoms with E-state index in [4.69, 9.17) is 5.73 Å². The maximum Gasteiger partial charge on any atom is 0.132 e. The van der Waals surface area contributed by atoms with Gasteiger partial charge in [0.05, 0.1) is 0 Å². The number of nitrogens with two attached hydrogens (primary N) is 1. The lowest BCUT2D eigenvalue weighted by molar-refractivity contribution is 0.205. The van der Waals surface area contributed by atoms with Crippen LogP contribution in [0, 0.1) is 5.82 Å². The van der Waals surface area contributed by atoms with Crippen LogP contribution in [0.15, 0.2) is 18.2 Å². The van der Waals surface area contributed by atoms with Crippen molar-refractivity contribution in [2.75, 3.05) is 6.54 Å². The van der Waals surface area contributed by atoms with E-state index in [1.807, 2.05) is 6.07 Å². The smallest absolute Gasteiger partial charge is 0.132 e. The molecule has 1 fully saturated rings. The van der Waals surface area contributed by atoms with E-state index in [1.165, 1.54) is 25.7 Å². The molecular formula is C17H23FN2S. The van der Waals surface area contributed by atoms with Gasteiger partial charge in [-0.05, 0) is 44.0 Å². The summed E-state index contributed by atoms with van der Waals surface area (Å²) in [6, 6.07) is 5.91. The molecule has 1 atom stereocenters. The molecule has 0 saturated carbocycles. The molecule has 0 spiro atoms. The molecule has 2 nitrogen and oxygen atoms in total. The lowest BCUT2D eigenvalue weighted by Crippen LogP contribution is -2.32. The molecule has 1 aliphatic heterocycles. The number of thiophene rings is 1. The summed E-state index contributed by atoms with van der Waals surface area (Å²) in [4.78, 5) is 3.63. The van der Waals surface area contributed by atoms with Crippen LogP contribution in [0.2, 0.25) is 0 Å². The monoisotopic (exact) mass is 306 g/mol. The predicted molar refractivity (Wildman–Crippen MR) is 88.0 cm³/mol. The van der Waals surface area contributed by atoms with E-state index in [-0.39, 0.29) is 5.82 Å². The van der Waals surface area contributed by atoms with Crippen LogP contribution in [0.25, 0.3) is 10.1 Å². The minimum absolute atomic E-state index is 0.110. The highest BCUT2D eigenvalue weighted by molar-refractivity contribution is 7.19. The molecule has 4 heteroatoms. The second-order valence-corrected chi connectivity index (χ2v) is 7.13. The van der Waals surface area contributed by atoms with E-state index in [0.29, 0.717) is 12.6 Å². The Bertz CT molecular complexity index is 623. The minimum atomic E-state index is -0.110. The summed E-state index contributed by atoms with van der Waals surface area (Å²) in [6.45, 7) is 4.72. The van der Waals surface area contributed by atoms with Crippen molar-refractivity contribution in [3.63, 3.8) is 0 Å². The van der Waals surface area contributed by atoms with Crippen molar-refractivity contribution >= 4 is 21.4 Å². The number of halogens is 1. The van der Waals surface area contributed by atoms with Gasteiger partial charge in [0.1, 0.15) is 5.82 Å². The maximum atomic E-state index is 14.3. The Balaban J connectivity index is 1.98.